The zero-order valence-corrected chi connectivity index (χ0v) is 27.8. The number of nitrogens with zero attached hydrogens (tertiary/aromatic N) is 2. The van der Waals surface area contributed by atoms with Gasteiger partial charge in [0.2, 0.25) is 11.2 Å². The molecular weight excluding hydrogens is 612 g/mol. The zero-order valence-electron chi connectivity index (χ0n) is 27.0. The monoisotopic (exact) mass is 649 g/mol. The summed E-state index contributed by atoms with van der Waals surface area (Å²) in [7, 11) is 2.16. The predicted octanol–water partition coefficient (Wildman–Crippen LogP) is 11.2. The number of anilines is 2. The molecule has 0 amide bonds. The van der Waals surface area contributed by atoms with E-state index in [1.54, 1.807) is 13.0 Å². The molecular formula is C40H38F3N3S. The van der Waals surface area contributed by atoms with Crippen LogP contribution in [-0.2, 0) is 13.5 Å². The van der Waals surface area contributed by atoms with E-state index in [9.17, 15) is 11.7 Å². The van der Waals surface area contributed by atoms with Crippen molar-refractivity contribution in [3.8, 4) is 11.1 Å². The molecule has 8 rings (SSSR count). The van der Waals surface area contributed by atoms with Gasteiger partial charge in [-0.25, -0.2) is 0 Å². The molecule has 7 heteroatoms. The fraction of sp³-hybridized carbons (Fsp3) is 0.200. The second-order valence-electron chi connectivity index (χ2n) is 12.8. The average molecular weight is 650 g/mol. The van der Waals surface area contributed by atoms with E-state index in [-0.39, 0.29) is 12.0 Å². The Kier molecular flexibility index (Phi) is 7.83. The van der Waals surface area contributed by atoms with Gasteiger partial charge in [0.25, 0.3) is 0 Å². The van der Waals surface area contributed by atoms with Crippen LogP contribution in [-0.4, -0.2) is 10.6 Å². The van der Waals surface area contributed by atoms with Crippen LogP contribution in [0.3, 0.4) is 0 Å². The van der Waals surface area contributed by atoms with Crippen molar-refractivity contribution < 1.29 is 11.7 Å². The van der Waals surface area contributed by atoms with Gasteiger partial charge in [0.05, 0.1) is 10.9 Å². The van der Waals surface area contributed by atoms with Crippen LogP contribution in [0.4, 0.5) is 23.0 Å². The number of hydrogen-bond acceptors (Lipinski definition) is 2. The van der Waals surface area contributed by atoms with Crippen LogP contribution in [0.15, 0.2) is 114 Å². The molecule has 2 atom stereocenters. The van der Waals surface area contributed by atoms with Crippen molar-refractivity contribution >= 4 is 39.5 Å². The van der Waals surface area contributed by atoms with E-state index in [1.807, 2.05) is 37.3 Å². The summed E-state index contributed by atoms with van der Waals surface area (Å²) in [5.41, 5.74) is 19.2. The minimum absolute atomic E-state index is 0.0112. The van der Waals surface area contributed by atoms with E-state index in [0.29, 0.717) is 11.3 Å². The topological polar surface area (TPSA) is 34.2 Å². The molecule has 0 saturated heterocycles. The first-order chi connectivity index (χ1) is 22.5. The van der Waals surface area contributed by atoms with Crippen molar-refractivity contribution in [1.29, 1.82) is 0 Å². The van der Waals surface area contributed by atoms with E-state index >= 15 is 0 Å². The minimum atomic E-state index is -5.26. The first-order valence-electron chi connectivity index (χ1n) is 15.9. The number of aromatic nitrogens is 1. The van der Waals surface area contributed by atoms with E-state index in [1.165, 1.54) is 58.3 Å². The van der Waals surface area contributed by atoms with Crippen molar-refractivity contribution in [1.82, 2.24) is 4.57 Å². The lowest BCUT2D eigenvalue weighted by atomic mass is 9.90. The standard InChI is InChI=1S/C26H23F3N2S.C14H15N/c1-16-7-10-22(20-12-9-19(14-17(20)2)32(27,28)29)25(13-16)31-24-6-4-3-5-21(24)23-11-8-18(30)15-26(23)31;1-10-7-8-12-11-5-3-4-6-13(11)15(2)14(12)9-10/h3-15,23,26H,30H2,1-2H3;4,6-9H,3,5H2,1-2H3. The molecule has 0 radical (unpaired) electrons. The molecule has 240 valence electrons. The first kappa shape index (κ1) is 31.0. The number of nitrogens with two attached hydrogens (primary N) is 1. The number of halogens is 3. The van der Waals surface area contributed by atoms with Gasteiger partial charge in [0, 0.05) is 52.2 Å². The molecule has 2 unspecified atom stereocenters. The third-order valence-electron chi connectivity index (χ3n) is 9.60. The maximum Gasteiger partial charge on any atom is 0.237 e. The Morgan fingerprint density at radius 2 is 1.55 bits per heavy atom. The maximum absolute atomic E-state index is 13.3. The van der Waals surface area contributed by atoms with E-state index in [2.05, 4.69) is 84.1 Å². The van der Waals surface area contributed by atoms with Gasteiger partial charge >= 0.3 is 0 Å². The molecule has 0 saturated carbocycles. The van der Waals surface area contributed by atoms with Crippen LogP contribution >= 0.6 is 11.2 Å². The molecule has 1 aromatic heterocycles. The van der Waals surface area contributed by atoms with Gasteiger partial charge in [-0.1, -0.05) is 60.7 Å². The van der Waals surface area contributed by atoms with E-state index < -0.39 is 16.1 Å². The van der Waals surface area contributed by atoms with Crippen LogP contribution in [0.5, 0.6) is 0 Å². The SMILES string of the molecule is Cc1ccc(-c2ccc(S(F)(F)F)cc2C)c(N2c3ccccc3C3C=CC(N)=CC32)c1.Cc1ccc2c3c(n(C)c2c1)C=CCC3. The summed E-state index contributed by atoms with van der Waals surface area (Å²) in [5, 5.41) is 1.43. The van der Waals surface area contributed by atoms with Crippen LogP contribution in [0.1, 0.15) is 45.8 Å². The number of rotatable bonds is 3. The highest BCUT2D eigenvalue weighted by molar-refractivity contribution is 8.20. The Bertz CT molecular complexity index is 2120. The molecule has 2 heterocycles. The van der Waals surface area contributed by atoms with Gasteiger partial charge in [-0.2, -0.15) is 0 Å². The lowest BCUT2D eigenvalue weighted by molar-refractivity contribution is 0.633. The Balaban J connectivity index is 0.000000194. The van der Waals surface area contributed by atoms with E-state index in [0.717, 1.165) is 28.1 Å². The summed E-state index contributed by atoms with van der Waals surface area (Å²) in [4.78, 5) is 1.73. The fourth-order valence-corrected chi connectivity index (χ4v) is 7.87. The molecule has 3 aliphatic rings. The largest absolute Gasteiger partial charge is 0.399 e. The number of hydrogen-bond donors (Lipinski definition) is 1. The number of para-hydroxylation sites is 1. The fourth-order valence-electron chi connectivity index (χ4n) is 7.34. The molecule has 0 bridgehead atoms. The molecule has 0 spiro atoms. The van der Waals surface area contributed by atoms with Gasteiger partial charge in [0.1, 0.15) is 0 Å². The molecule has 3 nitrogen and oxygen atoms in total. The zero-order chi connectivity index (χ0) is 33.0. The Morgan fingerprint density at radius 1 is 0.809 bits per heavy atom. The maximum atomic E-state index is 13.3. The average Bonchev–Trinajstić information content (AvgIpc) is 3.52. The molecule has 4 aromatic carbocycles. The number of allylic oxidation sites excluding steroid dienone is 2. The lowest BCUT2D eigenvalue weighted by Crippen LogP contribution is -2.30. The van der Waals surface area contributed by atoms with Crippen molar-refractivity contribution in [2.24, 2.45) is 12.8 Å². The minimum Gasteiger partial charge on any atom is -0.399 e. The summed E-state index contributed by atoms with van der Waals surface area (Å²) >= 11 is -5.26. The van der Waals surface area contributed by atoms with Gasteiger partial charge in [-0.3, -0.25) is 0 Å². The Morgan fingerprint density at radius 3 is 2.34 bits per heavy atom. The van der Waals surface area contributed by atoms with Crippen molar-refractivity contribution in [2.45, 2.75) is 50.5 Å². The summed E-state index contributed by atoms with van der Waals surface area (Å²) in [6.07, 6.45) is 13.1. The third kappa shape index (κ3) is 5.57. The third-order valence-corrected chi connectivity index (χ3v) is 10.4. The predicted molar refractivity (Wildman–Crippen MR) is 192 cm³/mol. The van der Waals surface area contributed by atoms with Crippen molar-refractivity contribution in [2.75, 3.05) is 4.90 Å². The van der Waals surface area contributed by atoms with Crippen molar-refractivity contribution in [3.63, 3.8) is 0 Å². The van der Waals surface area contributed by atoms with Crippen LogP contribution in [0, 0.1) is 20.8 Å². The molecule has 1 aliphatic heterocycles. The Labute approximate surface area is 276 Å². The number of fused-ring (bicyclic) bond motifs is 6. The van der Waals surface area contributed by atoms with Crippen molar-refractivity contribution in [3.05, 3.63) is 142 Å². The van der Waals surface area contributed by atoms with Gasteiger partial charge in [-0.15, -0.1) is 11.7 Å². The highest BCUT2D eigenvalue weighted by atomic mass is 32.3. The molecule has 5 aromatic rings. The second kappa shape index (κ2) is 11.9. The highest BCUT2D eigenvalue weighted by Gasteiger charge is 2.39. The smallest absolute Gasteiger partial charge is 0.237 e. The molecule has 2 N–H and O–H groups in total. The molecule has 0 fully saturated rings. The van der Waals surface area contributed by atoms with Crippen LogP contribution in [0.2, 0.25) is 0 Å². The van der Waals surface area contributed by atoms with Gasteiger partial charge in [-0.05, 0) is 116 Å². The lowest BCUT2D eigenvalue weighted by Gasteiger charge is -2.31. The summed E-state index contributed by atoms with van der Waals surface area (Å²) in [5.74, 6) is 0.171. The van der Waals surface area contributed by atoms with Crippen LogP contribution < -0.4 is 10.6 Å². The normalized spacial score (nSPS) is 18.3. The molecule has 47 heavy (non-hydrogen) atoms. The Hall–Kier alpha value is -4.62. The summed E-state index contributed by atoms with van der Waals surface area (Å²) < 4.78 is 42.3. The number of benzene rings is 4. The molecule has 2 aliphatic carbocycles. The van der Waals surface area contributed by atoms with Gasteiger partial charge < -0.3 is 15.2 Å². The second-order valence-corrected chi connectivity index (χ2v) is 14.0. The number of aryl methyl sites for hydroxylation is 5. The highest BCUT2D eigenvalue weighted by Crippen LogP contribution is 2.61. The quantitative estimate of drug-likeness (QED) is 0.211. The first-order valence-corrected chi connectivity index (χ1v) is 17.3. The summed E-state index contributed by atoms with van der Waals surface area (Å²) in [6, 6.07) is 25.2. The van der Waals surface area contributed by atoms with E-state index in [4.69, 9.17) is 5.73 Å². The summed E-state index contributed by atoms with van der Waals surface area (Å²) in [6.45, 7) is 5.93. The van der Waals surface area contributed by atoms with Gasteiger partial charge in [0.15, 0.2) is 0 Å². The van der Waals surface area contributed by atoms with Crippen LogP contribution in [0.25, 0.3) is 28.1 Å².